The van der Waals surface area contributed by atoms with Gasteiger partial charge in [-0.05, 0) is 30.7 Å². The molecule has 0 atom stereocenters. The van der Waals surface area contributed by atoms with Crippen LogP contribution in [0.15, 0.2) is 6.33 Å². The van der Waals surface area contributed by atoms with Gasteiger partial charge in [0.05, 0.1) is 6.10 Å². The summed E-state index contributed by atoms with van der Waals surface area (Å²) >= 11 is 0. The zero-order chi connectivity index (χ0) is 10.4. The maximum absolute atomic E-state index is 11.1. The van der Waals surface area contributed by atoms with E-state index in [0.717, 1.165) is 0 Å². The molecule has 1 aromatic heterocycles. The van der Waals surface area contributed by atoms with Gasteiger partial charge in [0.1, 0.15) is 6.33 Å². The van der Waals surface area contributed by atoms with Crippen molar-refractivity contribution < 1.29 is 9.53 Å². The molecule has 0 bridgehead atoms. The summed E-state index contributed by atoms with van der Waals surface area (Å²) in [6, 6.07) is 0. The molecule has 1 heterocycles. The zero-order valence-corrected chi connectivity index (χ0v) is 8.38. The molecule has 0 unspecified atom stereocenters. The minimum absolute atomic E-state index is 0.0458. The molecule has 0 aliphatic carbocycles. The molecular formula is C8H14N4O2. The number of carbonyl (C=O) groups is 1. The monoisotopic (exact) mass is 198 g/mol. The van der Waals surface area contributed by atoms with Crippen LogP contribution in [0.3, 0.4) is 0 Å². The van der Waals surface area contributed by atoms with Gasteiger partial charge in [-0.2, -0.15) is 0 Å². The van der Waals surface area contributed by atoms with E-state index in [2.05, 4.69) is 15.5 Å². The van der Waals surface area contributed by atoms with Gasteiger partial charge in [0.2, 0.25) is 0 Å². The third-order valence-corrected chi connectivity index (χ3v) is 1.53. The normalized spacial score (nSPS) is 10.5. The third-order valence-electron chi connectivity index (χ3n) is 1.53. The van der Waals surface area contributed by atoms with E-state index in [1.807, 2.05) is 13.8 Å². The van der Waals surface area contributed by atoms with Gasteiger partial charge >= 0.3 is 5.97 Å². The highest BCUT2D eigenvalue weighted by molar-refractivity contribution is 5.69. The van der Waals surface area contributed by atoms with E-state index in [1.165, 1.54) is 6.33 Å². The van der Waals surface area contributed by atoms with Gasteiger partial charge in [-0.3, -0.25) is 4.79 Å². The molecule has 0 amide bonds. The van der Waals surface area contributed by atoms with Crippen molar-refractivity contribution in [2.45, 2.75) is 39.3 Å². The molecule has 0 spiro atoms. The van der Waals surface area contributed by atoms with Crippen LogP contribution in [0.4, 0.5) is 0 Å². The first-order valence-corrected chi connectivity index (χ1v) is 4.58. The maximum Gasteiger partial charge on any atom is 0.306 e. The molecule has 14 heavy (non-hydrogen) atoms. The van der Waals surface area contributed by atoms with Crippen molar-refractivity contribution in [2.24, 2.45) is 0 Å². The number of carbonyl (C=O) groups excluding carboxylic acids is 1. The SMILES string of the molecule is CC(C)OC(=O)CCCn1cnnn1. The van der Waals surface area contributed by atoms with Crippen molar-refractivity contribution in [3.05, 3.63) is 6.33 Å². The average Bonchev–Trinajstić information content (AvgIpc) is 2.55. The van der Waals surface area contributed by atoms with E-state index in [-0.39, 0.29) is 12.1 Å². The molecule has 0 N–H and O–H groups in total. The first-order chi connectivity index (χ1) is 6.68. The van der Waals surface area contributed by atoms with Crippen molar-refractivity contribution in [1.29, 1.82) is 0 Å². The van der Waals surface area contributed by atoms with Crippen LogP contribution < -0.4 is 0 Å². The van der Waals surface area contributed by atoms with Gasteiger partial charge in [0, 0.05) is 13.0 Å². The molecule has 6 heteroatoms. The lowest BCUT2D eigenvalue weighted by Crippen LogP contribution is -2.12. The molecule has 78 valence electrons. The Morgan fingerprint density at radius 2 is 2.36 bits per heavy atom. The van der Waals surface area contributed by atoms with E-state index >= 15 is 0 Å². The van der Waals surface area contributed by atoms with Crippen LogP contribution >= 0.6 is 0 Å². The van der Waals surface area contributed by atoms with Gasteiger partial charge in [0.25, 0.3) is 0 Å². The van der Waals surface area contributed by atoms with E-state index < -0.39 is 0 Å². The van der Waals surface area contributed by atoms with Crippen LogP contribution in [-0.2, 0) is 16.1 Å². The second-order valence-electron chi connectivity index (χ2n) is 3.22. The van der Waals surface area contributed by atoms with Gasteiger partial charge < -0.3 is 4.74 Å². The highest BCUT2D eigenvalue weighted by atomic mass is 16.5. The largest absolute Gasteiger partial charge is 0.463 e. The van der Waals surface area contributed by atoms with E-state index in [9.17, 15) is 4.79 Å². The lowest BCUT2D eigenvalue weighted by molar-refractivity contribution is -0.147. The Balaban J connectivity index is 2.12. The Kier molecular flexibility index (Phi) is 4.03. The van der Waals surface area contributed by atoms with Crippen molar-refractivity contribution in [2.75, 3.05) is 0 Å². The molecular weight excluding hydrogens is 184 g/mol. The summed E-state index contributed by atoms with van der Waals surface area (Å²) in [5, 5.41) is 10.6. The molecule has 0 aliphatic heterocycles. The summed E-state index contributed by atoms with van der Waals surface area (Å²) in [6.07, 6.45) is 2.57. The van der Waals surface area contributed by atoms with Crippen molar-refractivity contribution in [3.8, 4) is 0 Å². The summed E-state index contributed by atoms with van der Waals surface area (Å²) in [7, 11) is 0. The summed E-state index contributed by atoms with van der Waals surface area (Å²) in [4.78, 5) is 11.1. The number of aromatic nitrogens is 4. The Labute approximate surface area is 82.2 Å². The molecule has 0 aromatic carbocycles. The Hall–Kier alpha value is -1.46. The minimum Gasteiger partial charge on any atom is -0.463 e. The van der Waals surface area contributed by atoms with Crippen molar-refractivity contribution in [1.82, 2.24) is 20.2 Å². The number of hydrogen-bond acceptors (Lipinski definition) is 5. The standard InChI is InChI=1S/C8H14N4O2/c1-7(2)14-8(13)4-3-5-12-6-9-10-11-12/h6-7H,3-5H2,1-2H3. The molecule has 6 nitrogen and oxygen atoms in total. The summed E-state index contributed by atoms with van der Waals surface area (Å²) < 4.78 is 6.56. The molecule has 0 saturated carbocycles. The Morgan fingerprint density at radius 1 is 1.57 bits per heavy atom. The van der Waals surface area contributed by atoms with Gasteiger partial charge in [0.15, 0.2) is 0 Å². The second-order valence-corrected chi connectivity index (χ2v) is 3.22. The summed E-state index contributed by atoms with van der Waals surface area (Å²) in [5.41, 5.74) is 0. The fourth-order valence-corrected chi connectivity index (χ4v) is 0.990. The van der Waals surface area contributed by atoms with Crippen LogP contribution in [0.5, 0.6) is 0 Å². The highest BCUT2D eigenvalue weighted by Gasteiger charge is 2.04. The molecule has 0 fully saturated rings. The van der Waals surface area contributed by atoms with Crippen molar-refractivity contribution in [3.63, 3.8) is 0 Å². The van der Waals surface area contributed by atoms with E-state index in [1.54, 1.807) is 4.68 Å². The number of nitrogens with zero attached hydrogens (tertiary/aromatic N) is 4. The quantitative estimate of drug-likeness (QED) is 0.641. The molecule has 0 saturated heterocycles. The number of esters is 1. The average molecular weight is 198 g/mol. The number of ether oxygens (including phenoxy) is 1. The van der Waals surface area contributed by atoms with Crippen LogP contribution in [0, 0.1) is 0 Å². The molecule has 0 radical (unpaired) electrons. The smallest absolute Gasteiger partial charge is 0.306 e. The first-order valence-electron chi connectivity index (χ1n) is 4.58. The van der Waals surface area contributed by atoms with Gasteiger partial charge in [-0.25, -0.2) is 4.68 Å². The number of tetrazole rings is 1. The maximum atomic E-state index is 11.1. The second kappa shape index (κ2) is 5.31. The topological polar surface area (TPSA) is 69.9 Å². The van der Waals surface area contributed by atoms with Crippen LogP contribution in [0.1, 0.15) is 26.7 Å². The number of hydrogen-bond donors (Lipinski definition) is 0. The third kappa shape index (κ3) is 3.97. The fourth-order valence-electron chi connectivity index (χ4n) is 0.990. The molecule has 1 rings (SSSR count). The van der Waals surface area contributed by atoms with E-state index in [4.69, 9.17) is 4.74 Å². The first kappa shape index (κ1) is 10.6. The highest BCUT2D eigenvalue weighted by Crippen LogP contribution is 1.98. The predicted molar refractivity (Wildman–Crippen MR) is 48.3 cm³/mol. The molecule has 1 aromatic rings. The number of aryl methyl sites for hydroxylation is 1. The minimum atomic E-state index is -0.173. The van der Waals surface area contributed by atoms with Gasteiger partial charge in [-0.1, -0.05) is 0 Å². The fraction of sp³-hybridized carbons (Fsp3) is 0.750. The Bertz CT molecular complexity index is 271. The van der Waals surface area contributed by atoms with Gasteiger partial charge in [-0.15, -0.1) is 5.10 Å². The number of rotatable bonds is 5. The lowest BCUT2D eigenvalue weighted by Gasteiger charge is -2.06. The lowest BCUT2D eigenvalue weighted by atomic mass is 10.3. The Morgan fingerprint density at radius 3 is 2.93 bits per heavy atom. The summed E-state index contributed by atoms with van der Waals surface area (Å²) in [6.45, 7) is 4.30. The zero-order valence-electron chi connectivity index (χ0n) is 8.38. The van der Waals surface area contributed by atoms with E-state index in [0.29, 0.717) is 19.4 Å². The van der Waals surface area contributed by atoms with Crippen LogP contribution in [0.2, 0.25) is 0 Å². The van der Waals surface area contributed by atoms with Crippen molar-refractivity contribution >= 4 is 5.97 Å². The summed E-state index contributed by atoms with van der Waals surface area (Å²) in [5.74, 6) is -0.173. The van der Waals surface area contributed by atoms with Crippen LogP contribution in [-0.4, -0.2) is 32.3 Å². The molecule has 0 aliphatic rings. The van der Waals surface area contributed by atoms with Crippen LogP contribution in [0.25, 0.3) is 0 Å². The predicted octanol–water partition coefficient (Wildman–Crippen LogP) is 0.405.